The number of hydrogen-bond donors (Lipinski definition) is 2. The van der Waals surface area contributed by atoms with Crippen molar-refractivity contribution in [3.8, 4) is 11.5 Å². The van der Waals surface area contributed by atoms with Gasteiger partial charge in [0.15, 0.2) is 11.5 Å². The van der Waals surface area contributed by atoms with Crippen LogP contribution in [0.2, 0.25) is 5.02 Å². The van der Waals surface area contributed by atoms with Crippen molar-refractivity contribution in [1.82, 2.24) is 5.43 Å². The fraction of sp³-hybridized carbons (Fsp3) is 0.211. The maximum Gasteiger partial charge on any atom is 0.249 e. The highest BCUT2D eigenvalue weighted by Crippen LogP contribution is 2.29. The zero-order valence-corrected chi connectivity index (χ0v) is 16.0. The van der Waals surface area contributed by atoms with Crippen LogP contribution in [0.1, 0.15) is 17.5 Å². The average molecular weight is 390 g/mol. The van der Waals surface area contributed by atoms with Crippen molar-refractivity contribution >= 4 is 35.3 Å². The van der Waals surface area contributed by atoms with Gasteiger partial charge in [-0.1, -0.05) is 23.7 Å². The maximum absolute atomic E-state index is 11.9. The fourth-order valence-corrected chi connectivity index (χ4v) is 2.43. The van der Waals surface area contributed by atoms with E-state index < -0.39 is 11.8 Å². The minimum atomic E-state index is -0.552. The highest BCUT2D eigenvalue weighted by Gasteiger charge is 2.10. The lowest BCUT2D eigenvalue weighted by molar-refractivity contribution is -0.126. The van der Waals surface area contributed by atoms with Gasteiger partial charge in [0.25, 0.3) is 0 Å². The van der Waals surface area contributed by atoms with Gasteiger partial charge in [-0.15, -0.1) is 0 Å². The molecule has 0 radical (unpaired) electrons. The summed E-state index contributed by atoms with van der Waals surface area (Å²) in [7, 11) is 3.04. The number of aryl methyl sites for hydroxylation is 1. The van der Waals surface area contributed by atoms with E-state index >= 15 is 0 Å². The van der Waals surface area contributed by atoms with Crippen molar-refractivity contribution in [2.45, 2.75) is 13.3 Å². The van der Waals surface area contributed by atoms with Crippen LogP contribution >= 0.6 is 11.6 Å². The molecule has 2 aromatic carbocycles. The number of hydrazone groups is 1. The van der Waals surface area contributed by atoms with Gasteiger partial charge in [0, 0.05) is 16.3 Å². The van der Waals surface area contributed by atoms with Crippen molar-refractivity contribution in [3.05, 3.63) is 52.5 Å². The Bertz CT molecular complexity index is 868. The number of ether oxygens (including phenoxy) is 2. The summed E-state index contributed by atoms with van der Waals surface area (Å²) in [6.45, 7) is 1.86. The number of rotatable bonds is 7. The summed E-state index contributed by atoms with van der Waals surface area (Å²) in [4.78, 5) is 23.8. The first-order chi connectivity index (χ1) is 12.9. The van der Waals surface area contributed by atoms with E-state index in [1.165, 1.54) is 20.4 Å². The standard InChI is InChI=1S/C19H20ClN3O4/c1-12-7-8-14(9-15(12)20)22-17(24)10-18(25)23-21-11-13-5-4-6-16(26-2)19(13)27-3/h4-9,11H,10H2,1-3H3,(H,22,24)(H,23,25). The Morgan fingerprint density at radius 3 is 2.59 bits per heavy atom. The number of anilines is 1. The van der Waals surface area contributed by atoms with Crippen molar-refractivity contribution < 1.29 is 19.1 Å². The largest absolute Gasteiger partial charge is 0.493 e. The Hall–Kier alpha value is -3.06. The topological polar surface area (TPSA) is 89.0 Å². The second kappa shape index (κ2) is 9.59. The first kappa shape index (κ1) is 20.3. The predicted octanol–water partition coefficient (Wildman–Crippen LogP) is 3.14. The molecule has 2 rings (SSSR count). The van der Waals surface area contributed by atoms with E-state index in [9.17, 15) is 9.59 Å². The Morgan fingerprint density at radius 2 is 1.93 bits per heavy atom. The van der Waals surface area contributed by atoms with E-state index in [-0.39, 0.29) is 6.42 Å². The van der Waals surface area contributed by atoms with Gasteiger partial charge in [-0.2, -0.15) is 5.10 Å². The van der Waals surface area contributed by atoms with Crippen LogP contribution < -0.4 is 20.2 Å². The van der Waals surface area contributed by atoms with Crippen molar-refractivity contribution in [2.75, 3.05) is 19.5 Å². The summed E-state index contributed by atoms with van der Waals surface area (Å²) in [6.07, 6.45) is 1.04. The van der Waals surface area contributed by atoms with Gasteiger partial charge in [-0.25, -0.2) is 5.43 Å². The lowest BCUT2D eigenvalue weighted by Crippen LogP contribution is -2.24. The smallest absolute Gasteiger partial charge is 0.249 e. The highest BCUT2D eigenvalue weighted by molar-refractivity contribution is 6.31. The normalized spacial score (nSPS) is 10.5. The lowest BCUT2D eigenvalue weighted by Gasteiger charge is -2.09. The summed E-state index contributed by atoms with van der Waals surface area (Å²) in [5, 5.41) is 7.00. The van der Waals surface area contributed by atoms with Crippen molar-refractivity contribution in [2.24, 2.45) is 5.10 Å². The first-order valence-electron chi connectivity index (χ1n) is 8.03. The van der Waals surface area contributed by atoms with Crippen LogP contribution in [0, 0.1) is 6.92 Å². The van der Waals surface area contributed by atoms with E-state index in [0.29, 0.717) is 27.8 Å². The number of halogens is 1. The van der Waals surface area contributed by atoms with E-state index in [4.69, 9.17) is 21.1 Å². The molecule has 0 saturated carbocycles. The molecule has 0 aliphatic heterocycles. The fourth-order valence-electron chi connectivity index (χ4n) is 2.25. The van der Waals surface area contributed by atoms with Gasteiger partial charge in [0.05, 0.1) is 20.4 Å². The quantitative estimate of drug-likeness (QED) is 0.432. The second-order valence-corrected chi connectivity index (χ2v) is 5.97. The molecule has 0 bridgehead atoms. The van der Waals surface area contributed by atoms with E-state index in [1.807, 2.05) is 6.92 Å². The molecule has 0 unspecified atom stereocenters. The van der Waals surface area contributed by atoms with Crippen LogP contribution in [-0.4, -0.2) is 32.2 Å². The van der Waals surface area contributed by atoms with Crippen LogP contribution in [0.5, 0.6) is 11.5 Å². The number of benzene rings is 2. The molecule has 0 aliphatic carbocycles. The Morgan fingerprint density at radius 1 is 1.15 bits per heavy atom. The lowest BCUT2D eigenvalue weighted by atomic mass is 10.2. The molecule has 2 N–H and O–H groups in total. The molecular formula is C19H20ClN3O4. The van der Waals surface area contributed by atoms with Crippen LogP contribution in [0.3, 0.4) is 0 Å². The molecule has 142 valence electrons. The second-order valence-electron chi connectivity index (χ2n) is 5.56. The molecular weight excluding hydrogens is 370 g/mol. The summed E-state index contributed by atoms with van der Waals surface area (Å²) in [5.74, 6) is 0.0151. The molecule has 0 aromatic heterocycles. The van der Waals surface area contributed by atoms with Gasteiger partial charge in [-0.3, -0.25) is 9.59 Å². The highest BCUT2D eigenvalue weighted by atomic mass is 35.5. The first-order valence-corrected chi connectivity index (χ1v) is 8.41. The number of hydrogen-bond acceptors (Lipinski definition) is 5. The molecule has 0 spiro atoms. The SMILES string of the molecule is COc1cccc(C=NNC(=O)CC(=O)Nc2ccc(C)c(Cl)c2)c1OC. The number of amides is 2. The third kappa shape index (κ3) is 5.72. The molecule has 0 heterocycles. The molecule has 27 heavy (non-hydrogen) atoms. The van der Waals surface area contributed by atoms with Crippen LogP contribution in [0.4, 0.5) is 5.69 Å². The van der Waals surface area contributed by atoms with Crippen molar-refractivity contribution in [3.63, 3.8) is 0 Å². The molecule has 2 amide bonds. The molecule has 0 atom stereocenters. The number of carbonyl (C=O) groups is 2. The van der Waals surface area contributed by atoms with Crippen LogP contribution in [0.25, 0.3) is 0 Å². The Balaban J connectivity index is 1.91. The molecule has 0 fully saturated rings. The van der Waals surface area contributed by atoms with Gasteiger partial charge < -0.3 is 14.8 Å². The predicted molar refractivity (Wildman–Crippen MR) is 105 cm³/mol. The minimum Gasteiger partial charge on any atom is -0.493 e. The Labute approximate surface area is 162 Å². The molecule has 0 saturated heterocycles. The van der Waals surface area contributed by atoms with Gasteiger partial charge in [0.2, 0.25) is 11.8 Å². The van der Waals surface area contributed by atoms with E-state index in [1.54, 1.807) is 36.4 Å². The summed E-state index contributed by atoms with van der Waals surface area (Å²) in [6, 6.07) is 10.4. The third-order valence-electron chi connectivity index (χ3n) is 3.60. The summed E-state index contributed by atoms with van der Waals surface area (Å²) in [5.41, 5.74) is 4.34. The van der Waals surface area contributed by atoms with E-state index in [2.05, 4.69) is 15.8 Å². The monoisotopic (exact) mass is 389 g/mol. The number of para-hydroxylation sites is 1. The van der Waals surface area contributed by atoms with Crippen LogP contribution in [0.15, 0.2) is 41.5 Å². The average Bonchev–Trinajstić information content (AvgIpc) is 2.64. The summed E-state index contributed by atoms with van der Waals surface area (Å²) < 4.78 is 10.5. The van der Waals surface area contributed by atoms with Gasteiger partial charge in [0.1, 0.15) is 6.42 Å². The minimum absolute atomic E-state index is 0.377. The summed E-state index contributed by atoms with van der Waals surface area (Å²) >= 11 is 6.01. The van der Waals surface area contributed by atoms with Gasteiger partial charge in [-0.05, 0) is 36.8 Å². The zero-order valence-electron chi connectivity index (χ0n) is 15.2. The molecule has 2 aromatic rings. The number of nitrogens with zero attached hydrogens (tertiary/aromatic N) is 1. The number of methoxy groups -OCH3 is 2. The molecule has 7 nitrogen and oxygen atoms in total. The Kier molecular flexibility index (Phi) is 7.19. The zero-order chi connectivity index (χ0) is 19.8. The van der Waals surface area contributed by atoms with Crippen LogP contribution in [-0.2, 0) is 9.59 Å². The van der Waals surface area contributed by atoms with Crippen molar-refractivity contribution in [1.29, 1.82) is 0 Å². The number of nitrogens with one attached hydrogen (secondary N) is 2. The van der Waals surface area contributed by atoms with E-state index in [0.717, 1.165) is 5.56 Å². The third-order valence-corrected chi connectivity index (χ3v) is 4.01. The van der Waals surface area contributed by atoms with Gasteiger partial charge >= 0.3 is 0 Å². The molecule has 0 aliphatic rings. The molecule has 8 heteroatoms. The number of carbonyl (C=O) groups excluding carboxylic acids is 2. The maximum atomic E-state index is 11.9.